The Morgan fingerprint density at radius 1 is 1.23 bits per heavy atom. The maximum absolute atomic E-state index is 12.3. The van der Waals surface area contributed by atoms with Crippen molar-refractivity contribution in [2.75, 3.05) is 0 Å². The van der Waals surface area contributed by atoms with E-state index in [-0.39, 0.29) is 11.9 Å². The largest absolute Gasteiger partial charge is 0.345 e. The van der Waals surface area contributed by atoms with Crippen LogP contribution in [-0.4, -0.2) is 5.91 Å². The van der Waals surface area contributed by atoms with Crippen LogP contribution >= 0.6 is 22.9 Å². The standard InChI is InChI=1S/C18H20ClNOS/c1-2-15(20-18(21)16-9-10-17(19)22-16)14-8-7-12-5-3-4-6-13(12)11-14/h7-11,15H,2-6H2,1H3,(H,20,21). The van der Waals surface area contributed by atoms with Gasteiger partial charge in [0.1, 0.15) is 0 Å². The molecule has 1 heterocycles. The molecule has 1 aliphatic rings. The van der Waals surface area contributed by atoms with Crippen molar-refractivity contribution in [2.24, 2.45) is 0 Å². The maximum atomic E-state index is 12.3. The maximum Gasteiger partial charge on any atom is 0.261 e. The summed E-state index contributed by atoms with van der Waals surface area (Å²) < 4.78 is 0.645. The lowest BCUT2D eigenvalue weighted by Crippen LogP contribution is -2.27. The fraction of sp³-hybridized carbons (Fsp3) is 0.389. The Bertz CT molecular complexity index is 679. The fourth-order valence-corrected chi connectivity index (χ4v) is 4.00. The van der Waals surface area contributed by atoms with Crippen molar-refractivity contribution in [3.05, 3.63) is 56.2 Å². The van der Waals surface area contributed by atoms with Crippen molar-refractivity contribution < 1.29 is 4.79 Å². The third-order valence-corrected chi connectivity index (χ3v) is 5.52. The molecule has 4 heteroatoms. The summed E-state index contributed by atoms with van der Waals surface area (Å²) in [4.78, 5) is 13.0. The van der Waals surface area contributed by atoms with Crippen LogP contribution in [0.2, 0.25) is 4.34 Å². The predicted octanol–water partition coefficient (Wildman–Crippen LogP) is 5.16. The van der Waals surface area contributed by atoms with Crippen molar-refractivity contribution in [1.29, 1.82) is 0 Å². The molecule has 0 fully saturated rings. The lowest BCUT2D eigenvalue weighted by molar-refractivity contribution is 0.0939. The van der Waals surface area contributed by atoms with E-state index < -0.39 is 0 Å². The van der Waals surface area contributed by atoms with Crippen LogP contribution in [0.5, 0.6) is 0 Å². The number of amides is 1. The van der Waals surface area contributed by atoms with Crippen LogP contribution in [0, 0.1) is 0 Å². The minimum absolute atomic E-state index is 0.0403. The normalized spacial score (nSPS) is 15.2. The first kappa shape index (κ1) is 15.6. The third kappa shape index (κ3) is 3.36. The summed E-state index contributed by atoms with van der Waals surface area (Å²) in [6.45, 7) is 2.10. The highest BCUT2D eigenvalue weighted by Crippen LogP contribution is 2.27. The third-order valence-electron chi connectivity index (χ3n) is 4.29. The molecule has 1 unspecified atom stereocenters. The van der Waals surface area contributed by atoms with E-state index in [1.807, 2.05) is 0 Å². The Morgan fingerprint density at radius 2 is 2.00 bits per heavy atom. The zero-order valence-electron chi connectivity index (χ0n) is 12.7. The van der Waals surface area contributed by atoms with Crippen LogP contribution in [-0.2, 0) is 12.8 Å². The second-order valence-electron chi connectivity index (χ2n) is 5.77. The van der Waals surface area contributed by atoms with Gasteiger partial charge < -0.3 is 5.32 Å². The summed E-state index contributed by atoms with van der Waals surface area (Å²) >= 11 is 7.23. The molecule has 22 heavy (non-hydrogen) atoms. The molecule has 0 saturated carbocycles. The average Bonchev–Trinajstić information content (AvgIpc) is 2.98. The van der Waals surface area contributed by atoms with Gasteiger partial charge >= 0.3 is 0 Å². The monoisotopic (exact) mass is 333 g/mol. The molecule has 0 saturated heterocycles. The molecule has 0 bridgehead atoms. The SMILES string of the molecule is CCC(NC(=O)c1ccc(Cl)s1)c1ccc2c(c1)CCCC2. The highest BCUT2D eigenvalue weighted by atomic mass is 35.5. The fourth-order valence-electron chi connectivity index (χ4n) is 3.06. The lowest BCUT2D eigenvalue weighted by Gasteiger charge is -2.21. The van der Waals surface area contributed by atoms with Crippen LogP contribution in [0.1, 0.15) is 58.6 Å². The van der Waals surface area contributed by atoms with Crippen molar-refractivity contribution in [3.8, 4) is 0 Å². The Balaban J connectivity index is 1.77. The molecule has 0 aliphatic heterocycles. The minimum Gasteiger partial charge on any atom is -0.345 e. The molecule has 1 aliphatic carbocycles. The van der Waals surface area contributed by atoms with Crippen LogP contribution < -0.4 is 5.32 Å². The summed E-state index contributed by atoms with van der Waals surface area (Å²) in [6, 6.07) is 10.3. The van der Waals surface area contributed by atoms with Gasteiger partial charge in [0, 0.05) is 0 Å². The van der Waals surface area contributed by atoms with Gasteiger partial charge in [-0.25, -0.2) is 0 Å². The Morgan fingerprint density at radius 3 is 2.68 bits per heavy atom. The smallest absolute Gasteiger partial charge is 0.261 e. The van der Waals surface area contributed by atoms with Crippen LogP contribution in [0.15, 0.2) is 30.3 Å². The highest BCUT2D eigenvalue weighted by Gasteiger charge is 2.17. The molecule has 1 aromatic heterocycles. The second-order valence-corrected chi connectivity index (χ2v) is 7.49. The van der Waals surface area contributed by atoms with E-state index in [0.717, 1.165) is 12.8 Å². The Kier molecular flexibility index (Phi) is 4.84. The zero-order valence-corrected chi connectivity index (χ0v) is 14.3. The average molecular weight is 334 g/mol. The van der Waals surface area contributed by atoms with Crippen LogP contribution in [0.25, 0.3) is 0 Å². The molecule has 0 spiro atoms. The number of aryl methyl sites for hydroxylation is 2. The van der Waals surface area contributed by atoms with Gasteiger partial charge in [-0.3, -0.25) is 4.79 Å². The van der Waals surface area contributed by atoms with Gasteiger partial charge in [-0.1, -0.05) is 36.7 Å². The number of carbonyl (C=O) groups is 1. The van der Waals surface area contributed by atoms with Gasteiger partial charge in [0.15, 0.2) is 0 Å². The van der Waals surface area contributed by atoms with Crippen molar-refractivity contribution in [1.82, 2.24) is 5.32 Å². The quantitative estimate of drug-likeness (QED) is 0.822. The number of thiophene rings is 1. The number of rotatable bonds is 4. The molecule has 3 rings (SSSR count). The molecular weight excluding hydrogens is 314 g/mol. The number of benzene rings is 1. The van der Waals surface area contributed by atoms with E-state index in [1.54, 1.807) is 12.1 Å². The number of nitrogens with one attached hydrogen (secondary N) is 1. The zero-order chi connectivity index (χ0) is 15.5. The minimum atomic E-state index is -0.0403. The van der Waals surface area contributed by atoms with Crippen LogP contribution in [0.4, 0.5) is 0 Å². The molecule has 0 radical (unpaired) electrons. The van der Waals surface area contributed by atoms with E-state index in [1.165, 1.54) is 47.3 Å². The molecule has 116 valence electrons. The van der Waals surface area contributed by atoms with Crippen molar-refractivity contribution in [3.63, 3.8) is 0 Å². The number of carbonyl (C=O) groups excluding carboxylic acids is 1. The first-order valence-electron chi connectivity index (χ1n) is 7.85. The number of fused-ring (bicyclic) bond motifs is 1. The number of halogens is 1. The summed E-state index contributed by atoms with van der Waals surface area (Å²) in [5.74, 6) is -0.0403. The summed E-state index contributed by atoms with van der Waals surface area (Å²) in [7, 11) is 0. The Labute approximate surface area is 140 Å². The van der Waals surface area contributed by atoms with Crippen LogP contribution in [0.3, 0.4) is 0 Å². The van der Waals surface area contributed by atoms with Gasteiger partial charge in [-0.05, 0) is 60.9 Å². The summed E-state index contributed by atoms with van der Waals surface area (Å²) in [6.07, 6.45) is 5.79. The first-order chi connectivity index (χ1) is 10.7. The molecule has 1 N–H and O–H groups in total. The summed E-state index contributed by atoms with van der Waals surface area (Å²) in [5.41, 5.74) is 4.14. The molecule has 1 amide bonds. The predicted molar refractivity (Wildman–Crippen MR) is 92.9 cm³/mol. The topological polar surface area (TPSA) is 29.1 Å². The highest BCUT2D eigenvalue weighted by molar-refractivity contribution is 7.17. The van der Waals surface area contributed by atoms with Crippen molar-refractivity contribution >= 4 is 28.8 Å². The van der Waals surface area contributed by atoms with Crippen molar-refractivity contribution in [2.45, 2.75) is 45.1 Å². The number of hydrogen-bond donors (Lipinski definition) is 1. The molecule has 1 atom stereocenters. The first-order valence-corrected chi connectivity index (χ1v) is 9.04. The van der Waals surface area contributed by atoms with E-state index in [4.69, 9.17) is 11.6 Å². The number of hydrogen-bond acceptors (Lipinski definition) is 2. The molecule has 1 aromatic carbocycles. The lowest BCUT2D eigenvalue weighted by atomic mass is 9.89. The van der Waals surface area contributed by atoms with E-state index in [9.17, 15) is 4.79 Å². The van der Waals surface area contributed by atoms with Gasteiger partial charge in [-0.15, -0.1) is 11.3 Å². The second kappa shape index (κ2) is 6.84. The van der Waals surface area contributed by atoms with E-state index >= 15 is 0 Å². The van der Waals surface area contributed by atoms with Gasteiger partial charge in [0.25, 0.3) is 5.91 Å². The molecule has 2 aromatic rings. The molecular formula is C18H20ClNOS. The van der Waals surface area contributed by atoms with E-state index in [0.29, 0.717) is 9.21 Å². The van der Waals surface area contributed by atoms with Gasteiger partial charge in [0.2, 0.25) is 0 Å². The molecule has 2 nitrogen and oxygen atoms in total. The van der Waals surface area contributed by atoms with E-state index in [2.05, 4.69) is 30.4 Å². The summed E-state index contributed by atoms with van der Waals surface area (Å²) in [5, 5.41) is 3.13. The van der Waals surface area contributed by atoms with Gasteiger partial charge in [-0.2, -0.15) is 0 Å². The Hall–Kier alpha value is -1.32. The van der Waals surface area contributed by atoms with Gasteiger partial charge in [0.05, 0.1) is 15.3 Å².